The van der Waals surface area contributed by atoms with Crippen molar-refractivity contribution in [1.29, 1.82) is 5.26 Å². The van der Waals surface area contributed by atoms with E-state index in [4.69, 9.17) is 14.2 Å². The maximum Gasteiger partial charge on any atom is 0.266 e. The van der Waals surface area contributed by atoms with Gasteiger partial charge in [-0.25, -0.2) is 0 Å². The first kappa shape index (κ1) is 21.0. The monoisotopic (exact) mass is 430 g/mol. The molecule has 3 aromatic rings. The molecule has 1 aliphatic rings. The van der Waals surface area contributed by atoms with Crippen molar-refractivity contribution >= 4 is 17.7 Å². The number of aryl methyl sites for hydroxylation is 2. The molecule has 1 aromatic heterocycles. The number of methoxy groups -OCH3 is 1. The van der Waals surface area contributed by atoms with E-state index in [1.54, 1.807) is 37.5 Å². The van der Waals surface area contributed by atoms with Crippen LogP contribution in [-0.4, -0.2) is 29.6 Å². The van der Waals surface area contributed by atoms with Crippen molar-refractivity contribution in [2.45, 2.75) is 20.4 Å². The Kier molecular flexibility index (Phi) is 5.81. The van der Waals surface area contributed by atoms with Gasteiger partial charge in [-0.1, -0.05) is 6.07 Å². The summed E-state index contributed by atoms with van der Waals surface area (Å²) in [6.45, 7) is 4.59. The Hall–Kier alpha value is -4.25. The van der Waals surface area contributed by atoms with Crippen LogP contribution in [0.2, 0.25) is 0 Å². The van der Waals surface area contributed by atoms with Gasteiger partial charge in [0.2, 0.25) is 6.79 Å². The highest BCUT2D eigenvalue weighted by Gasteiger charge is 2.16. The van der Waals surface area contributed by atoms with Gasteiger partial charge in [0.15, 0.2) is 11.5 Å². The molecule has 1 amide bonds. The fourth-order valence-corrected chi connectivity index (χ4v) is 3.50. The van der Waals surface area contributed by atoms with E-state index in [1.165, 1.54) is 0 Å². The van der Waals surface area contributed by atoms with Crippen LogP contribution in [0.5, 0.6) is 17.2 Å². The van der Waals surface area contributed by atoms with Crippen LogP contribution in [0.1, 0.15) is 22.5 Å². The van der Waals surface area contributed by atoms with Crippen molar-refractivity contribution in [2.75, 3.05) is 19.2 Å². The van der Waals surface area contributed by atoms with E-state index >= 15 is 0 Å². The standard InChI is InChI=1S/C24H22N4O4/c1-15-8-16(2)28(27-15)13-19-10-17(4-6-21(19)30-3)9-18(12-25)24(29)26-20-5-7-22-23(11-20)32-14-31-22/h4-11H,13-14H2,1-3H3,(H,26,29)/b18-9+. The van der Waals surface area contributed by atoms with Crippen molar-refractivity contribution in [3.63, 3.8) is 0 Å². The summed E-state index contributed by atoms with van der Waals surface area (Å²) >= 11 is 0. The summed E-state index contributed by atoms with van der Waals surface area (Å²) in [5.74, 6) is 1.36. The Morgan fingerprint density at radius 2 is 2.03 bits per heavy atom. The van der Waals surface area contributed by atoms with E-state index < -0.39 is 5.91 Å². The molecule has 0 saturated heterocycles. The molecule has 2 heterocycles. The van der Waals surface area contributed by atoms with Gasteiger partial charge in [-0.15, -0.1) is 0 Å². The molecule has 0 unspecified atom stereocenters. The zero-order valence-electron chi connectivity index (χ0n) is 18.0. The van der Waals surface area contributed by atoms with Gasteiger partial charge in [-0.05, 0) is 55.8 Å². The van der Waals surface area contributed by atoms with Gasteiger partial charge >= 0.3 is 0 Å². The van der Waals surface area contributed by atoms with Crippen LogP contribution in [0.4, 0.5) is 5.69 Å². The Morgan fingerprint density at radius 1 is 1.22 bits per heavy atom. The summed E-state index contributed by atoms with van der Waals surface area (Å²) in [5.41, 5.74) is 4.06. The Balaban J connectivity index is 1.57. The third-order valence-corrected chi connectivity index (χ3v) is 5.03. The van der Waals surface area contributed by atoms with E-state index in [2.05, 4.69) is 10.4 Å². The van der Waals surface area contributed by atoms with Crippen LogP contribution < -0.4 is 19.5 Å². The predicted octanol–water partition coefficient (Wildman–Crippen LogP) is 3.83. The molecule has 0 aliphatic carbocycles. The minimum atomic E-state index is -0.512. The number of carbonyl (C=O) groups excluding carboxylic acids is 1. The number of nitrogens with one attached hydrogen (secondary N) is 1. The number of nitriles is 1. The zero-order chi connectivity index (χ0) is 22.7. The van der Waals surface area contributed by atoms with Crippen LogP contribution in [-0.2, 0) is 11.3 Å². The molecule has 2 aromatic carbocycles. The molecule has 1 aliphatic heterocycles. The molecule has 8 heteroatoms. The Labute approximate surface area is 185 Å². The molecule has 162 valence electrons. The number of ether oxygens (including phenoxy) is 3. The summed E-state index contributed by atoms with van der Waals surface area (Å²) in [5, 5.41) is 16.8. The molecule has 0 spiro atoms. The number of aromatic nitrogens is 2. The Morgan fingerprint density at radius 3 is 2.75 bits per heavy atom. The van der Waals surface area contributed by atoms with Gasteiger partial charge in [-0.2, -0.15) is 10.4 Å². The van der Waals surface area contributed by atoms with Gasteiger partial charge in [0.25, 0.3) is 5.91 Å². The highest BCUT2D eigenvalue weighted by atomic mass is 16.7. The maximum absolute atomic E-state index is 12.7. The first-order valence-electron chi connectivity index (χ1n) is 9.97. The van der Waals surface area contributed by atoms with E-state index in [1.807, 2.05) is 42.8 Å². The third kappa shape index (κ3) is 4.42. The van der Waals surface area contributed by atoms with Gasteiger partial charge in [0, 0.05) is 23.0 Å². The lowest BCUT2D eigenvalue weighted by Gasteiger charge is -2.11. The molecular weight excluding hydrogens is 408 g/mol. The molecular formula is C24H22N4O4. The zero-order valence-corrected chi connectivity index (χ0v) is 18.0. The average Bonchev–Trinajstić information content (AvgIpc) is 3.37. The first-order chi connectivity index (χ1) is 15.5. The van der Waals surface area contributed by atoms with Crippen LogP contribution in [0.25, 0.3) is 6.08 Å². The normalized spacial score (nSPS) is 12.4. The van der Waals surface area contributed by atoms with Crippen LogP contribution in [0.3, 0.4) is 0 Å². The third-order valence-electron chi connectivity index (χ3n) is 5.03. The number of benzene rings is 2. The number of nitrogens with zero attached hydrogens (tertiary/aromatic N) is 3. The summed E-state index contributed by atoms with van der Waals surface area (Å²) in [4.78, 5) is 12.7. The molecule has 4 rings (SSSR count). The fraction of sp³-hybridized carbons (Fsp3) is 0.208. The second kappa shape index (κ2) is 8.86. The quantitative estimate of drug-likeness (QED) is 0.471. The van der Waals surface area contributed by atoms with Crippen LogP contribution >= 0.6 is 0 Å². The minimum absolute atomic E-state index is 0.0232. The predicted molar refractivity (Wildman–Crippen MR) is 119 cm³/mol. The lowest BCUT2D eigenvalue weighted by molar-refractivity contribution is -0.112. The van der Waals surface area contributed by atoms with Crippen molar-refractivity contribution in [3.8, 4) is 23.3 Å². The van der Waals surface area contributed by atoms with Crippen molar-refractivity contribution < 1.29 is 19.0 Å². The molecule has 0 bridgehead atoms. The molecule has 0 radical (unpaired) electrons. The number of amides is 1. The molecule has 0 fully saturated rings. The van der Waals surface area contributed by atoms with Gasteiger partial charge in [0.05, 0.1) is 19.3 Å². The highest BCUT2D eigenvalue weighted by Crippen LogP contribution is 2.34. The SMILES string of the molecule is COc1ccc(/C=C(\C#N)C(=O)Nc2ccc3c(c2)OCO3)cc1Cn1nc(C)cc1C. The second-order valence-corrected chi connectivity index (χ2v) is 7.35. The van der Waals surface area contributed by atoms with Crippen LogP contribution in [0, 0.1) is 25.2 Å². The number of anilines is 1. The van der Waals surface area contributed by atoms with E-state index in [0.717, 1.165) is 17.0 Å². The minimum Gasteiger partial charge on any atom is -0.496 e. The molecule has 8 nitrogen and oxygen atoms in total. The van der Waals surface area contributed by atoms with E-state index in [0.29, 0.717) is 35.0 Å². The van der Waals surface area contributed by atoms with Crippen molar-refractivity contribution in [2.24, 2.45) is 0 Å². The lowest BCUT2D eigenvalue weighted by Crippen LogP contribution is -2.13. The van der Waals surface area contributed by atoms with Gasteiger partial charge < -0.3 is 19.5 Å². The van der Waals surface area contributed by atoms with Crippen molar-refractivity contribution in [3.05, 3.63) is 70.6 Å². The van der Waals surface area contributed by atoms with Gasteiger partial charge in [-0.3, -0.25) is 9.48 Å². The van der Waals surface area contributed by atoms with E-state index in [-0.39, 0.29) is 12.4 Å². The second-order valence-electron chi connectivity index (χ2n) is 7.35. The van der Waals surface area contributed by atoms with E-state index in [9.17, 15) is 10.1 Å². The number of rotatable bonds is 6. The molecule has 0 saturated carbocycles. The van der Waals surface area contributed by atoms with Gasteiger partial charge in [0.1, 0.15) is 17.4 Å². The van der Waals surface area contributed by atoms with Crippen molar-refractivity contribution in [1.82, 2.24) is 9.78 Å². The molecule has 32 heavy (non-hydrogen) atoms. The number of hydrogen-bond acceptors (Lipinski definition) is 6. The smallest absolute Gasteiger partial charge is 0.266 e. The summed E-state index contributed by atoms with van der Waals surface area (Å²) in [7, 11) is 1.61. The molecule has 0 atom stereocenters. The topological polar surface area (TPSA) is 98.4 Å². The van der Waals surface area contributed by atoms with Crippen LogP contribution in [0.15, 0.2) is 48.0 Å². The highest BCUT2D eigenvalue weighted by molar-refractivity contribution is 6.09. The summed E-state index contributed by atoms with van der Waals surface area (Å²) in [6.07, 6.45) is 1.55. The largest absolute Gasteiger partial charge is 0.496 e. The number of carbonyl (C=O) groups is 1. The Bertz CT molecular complexity index is 1250. The number of hydrogen-bond donors (Lipinski definition) is 1. The fourth-order valence-electron chi connectivity index (χ4n) is 3.50. The molecule has 1 N–H and O–H groups in total. The maximum atomic E-state index is 12.7. The average molecular weight is 430 g/mol. The summed E-state index contributed by atoms with van der Waals surface area (Å²) in [6, 6.07) is 14.6. The number of fused-ring (bicyclic) bond motifs is 1. The lowest BCUT2D eigenvalue weighted by atomic mass is 10.1. The first-order valence-corrected chi connectivity index (χ1v) is 9.97. The summed E-state index contributed by atoms with van der Waals surface area (Å²) < 4.78 is 18.0.